The van der Waals surface area contributed by atoms with Gasteiger partial charge >= 0.3 is 5.97 Å². The number of likely N-dealkylation sites (N-methyl/N-ethyl adjacent to an activating group) is 1. The van der Waals surface area contributed by atoms with Crippen LogP contribution in [0.15, 0.2) is 24.3 Å². The maximum Gasteiger partial charge on any atom is 0.307 e. The van der Waals surface area contributed by atoms with Crippen molar-refractivity contribution in [1.82, 2.24) is 9.80 Å². The third kappa shape index (κ3) is 5.68. The van der Waals surface area contributed by atoms with Crippen LogP contribution in [0.5, 0.6) is 0 Å². The van der Waals surface area contributed by atoms with E-state index >= 15 is 0 Å². The summed E-state index contributed by atoms with van der Waals surface area (Å²) in [7, 11) is 3.29. The third-order valence-electron chi connectivity index (χ3n) is 8.23. The number of benzene rings is 1. The van der Waals surface area contributed by atoms with Crippen molar-refractivity contribution in [3.63, 3.8) is 0 Å². The SMILES string of the molecule is COCC(=O)N(C)[C@H](Cc1ccc(F)cc1)C1CCN(C(=O)[C@H]2CC(=O)OC23CCCCC3)CC1. The number of likely N-dealkylation sites (tertiary alicyclic amines) is 1. The molecule has 1 spiro atoms. The molecule has 7 nitrogen and oxygen atoms in total. The number of halogens is 1. The number of amides is 2. The van der Waals surface area contributed by atoms with Crippen LogP contribution in [0.2, 0.25) is 0 Å². The molecule has 2 saturated heterocycles. The van der Waals surface area contributed by atoms with Crippen LogP contribution in [-0.2, 0) is 30.3 Å². The Kier molecular flexibility index (Phi) is 8.09. The molecule has 8 heteroatoms. The first-order chi connectivity index (χ1) is 16.8. The zero-order valence-electron chi connectivity index (χ0n) is 20.8. The van der Waals surface area contributed by atoms with E-state index in [9.17, 15) is 18.8 Å². The lowest BCUT2D eigenvalue weighted by molar-refractivity contribution is -0.156. The number of ether oxygens (including phenoxy) is 2. The quantitative estimate of drug-likeness (QED) is 0.551. The predicted molar refractivity (Wildman–Crippen MR) is 128 cm³/mol. The number of carbonyl (C=O) groups is 3. The summed E-state index contributed by atoms with van der Waals surface area (Å²) in [6.45, 7) is 1.19. The number of nitrogens with zero attached hydrogens (tertiary/aromatic N) is 2. The molecule has 0 bridgehead atoms. The Morgan fingerprint density at radius 2 is 1.83 bits per heavy atom. The van der Waals surface area contributed by atoms with E-state index in [0.717, 1.165) is 50.5 Å². The fraction of sp³-hybridized carbons (Fsp3) is 0.667. The van der Waals surface area contributed by atoms with Gasteiger partial charge in [0.15, 0.2) is 0 Å². The lowest BCUT2D eigenvalue weighted by Gasteiger charge is -2.42. The summed E-state index contributed by atoms with van der Waals surface area (Å²) in [5.41, 5.74) is 0.356. The molecule has 3 aliphatic rings. The highest BCUT2D eigenvalue weighted by atomic mass is 19.1. The van der Waals surface area contributed by atoms with Crippen molar-refractivity contribution in [1.29, 1.82) is 0 Å². The fourth-order valence-corrected chi connectivity index (χ4v) is 6.22. The van der Waals surface area contributed by atoms with Crippen molar-refractivity contribution >= 4 is 17.8 Å². The summed E-state index contributed by atoms with van der Waals surface area (Å²) in [5, 5.41) is 0. The fourth-order valence-electron chi connectivity index (χ4n) is 6.22. The number of carbonyl (C=O) groups excluding carboxylic acids is 3. The number of hydrogen-bond acceptors (Lipinski definition) is 5. The van der Waals surface area contributed by atoms with Gasteiger partial charge < -0.3 is 19.3 Å². The highest BCUT2D eigenvalue weighted by Crippen LogP contribution is 2.45. The lowest BCUT2D eigenvalue weighted by Crippen LogP contribution is -2.52. The Balaban J connectivity index is 1.43. The van der Waals surface area contributed by atoms with Gasteiger partial charge in [-0.1, -0.05) is 18.6 Å². The summed E-state index contributed by atoms with van der Waals surface area (Å²) in [6.07, 6.45) is 6.97. The molecular weight excluding hydrogens is 451 g/mol. The highest BCUT2D eigenvalue weighted by Gasteiger charge is 2.54. The first kappa shape index (κ1) is 25.6. The van der Waals surface area contributed by atoms with Gasteiger partial charge in [-0.3, -0.25) is 14.4 Å². The Morgan fingerprint density at radius 1 is 1.17 bits per heavy atom. The van der Waals surface area contributed by atoms with Crippen molar-refractivity contribution in [3.8, 4) is 0 Å². The number of methoxy groups -OCH3 is 1. The summed E-state index contributed by atoms with van der Waals surface area (Å²) in [4.78, 5) is 42.0. The molecule has 2 heterocycles. The Labute approximate surface area is 206 Å². The van der Waals surface area contributed by atoms with Crippen molar-refractivity contribution in [3.05, 3.63) is 35.6 Å². The van der Waals surface area contributed by atoms with Crippen molar-refractivity contribution in [2.24, 2.45) is 11.8 Å². The molecule has 1 aliphatic carbocycles. The van der Waals surface area contributed by atoms with Gasteiger partial charge in [-0.05, 0) is 68.6 Å². The van der Waals surface area contributed by atoms with E-state index in [0.29, 0.717) is 19.5 Å². The molecule has 1 saturated carbocycles. The average Bonchev–Trinajstić information content (AvgIpc) is 3.18. The van der Waals surface area contributed by atoms with Crippen LogP contribution in [0.25, 0.3) is 0 Å². The molecule has 35 heavy (non-hydrogen) atoms. The molecule has 3 fully saturated rings. The molecule has 192 valence electrons. The largest absolute Gasteiger partial charge is 0.458 e. The normalized spacial score (nSPS) is 23.2. The second kappa shape index (κ2) is 11.1. The van der Waals surface area contributed by atoms with Gasteiger partial charge in [0.1, 0.15) is 18.0 Å². The van der Waals surface area contributed by atoms with E-state index in [1.807, 2.05) is 4.90 Å². The van der Waals surface area contributed by atoms with E-state index in [1.165, 1.54) is 19.2 Å². The maximum absolute atomic E-state index is 13.5. The number of hydrogen-bond donors (Lipinski definition) is 0. The van der Waals surface area contributed by atoms with Crippen LogP contribution >= 0.6 is 0 Å². The molecule has 2 aliphatic heterocycles. The first-order valence-corrected chi connectivity index (χ1v) is 12.8. The third-order valence-corrected chi connectivity index (χ3v) is 8.23. The topological polar surface area (TPSA) is 76.2 Å². The number of esters is 1. The summed E-state index contributed by atoms with van der Waals surface area (Å²) < 4.78 is 24.2. The molecule has 1 aromatic rings. The first-order valence-electron chi connectivity index (χ1n) is 12.8. The van der Waals surface area contributed by atoms with Crippen LogP contribution in [0.4, 0.5) is 4.39 Å². The zero-order valence-corrected chi connectivity index (χ0v) is 20.8. The van der Waals surface area contributed by atoms with E-state index in [1.54, 1.807) is 24.1 Å². The molecule has 0 N–H and O–H groups in total. The van der Waals surface area contributed by atoms with Crippen LogP contribution in [0.3, 0.4) is 0 Å². The second-order valence-electron chi connectivity index (χ2n) is 10.4. The van der Waals surface area contributed by atoms with Gasteiger partial charge in [0.05, 0.1) is 12.3 Å². The van der Waals surface area contributed by atoms with Gasteiger partial charge in [0, 0.05) is 33.3 Å². The standard InChI is InChI=1S/C27H37FN2O5/c1-29(24(31)18-34-2)23(16-19-6-8-21(28)9-7-19)20-10-14-30(15-11-20)26(33)22-17-25(32)35-27(22)12-4-3-5-13-27/h6-9,20,22-23H,3-5,10-18H2,1-2H3/t22-,23-/m1/s1. The van der Waals surface area contributed by atoms with Crippen LogP contribution in [0, 0.1) is 17.7 Å². The number of rotatable bonds is 7. The molecule has 4 rings (SSSR count). The summed E-state index contributed by atoms with van der Waals surface area (Å²) >= 11 is 0. The minimum absolute atomic E-state index is 0.00550. The highest BCUT2D eigenvalue weighted by molar-refractivity contribution is 5.88. The lowest BCUT2D eigenvalue weighted by atomic mass is 9.75. The monoisotopic (exact) mass is 488 g/mol. The van der Waals surface area contributed by atoms with Gasteiger partial charge in [0.25, 0.3) is 0 Å². The Bertz CT molecular complexity index is 907. The Morgan fingerprint density at radius 3 is 2.46 bits per heavy atom. The molecule has 0 radical (unpaired) electrons. The molecule has 2 amide bonds. The molecular formula is C27H37FN2O5. The van der Waals surface area contributed by atoms with Gasteiger partial charge in [-0.25, -0.2) is 4.39 Å². The number of piperidine rings is 1. The zero-order chi connectivity index (χ0) is 25.0. The van der Waals surface area contributed by atoms with Crippen LogP contribution < -0.4 is 0 Å². The van der Waals surface area contributed by atoms with E-state index < -0.39 is 5.60 Å². The van der Waals surface area contributed by atoms with Crippen LogP contribution in [-0.4, -0.2) is 73.1 Å². The van der Waals surface area contributed by atoms with Crippen molar-refractivity contribution in [2.45, 2.75) is 69.4 Å². The molecule has 2 atom stereocenters. The van der Waals surface area contributed by atoms with Gasteiger partial charge in [-0.2, -0.15) is 0 Å². The summed E-state index contributed by atoms with van der Waals surface area (Å²) in [5.74, 6) is -0.786. The maximum atomic E-state index is 13.5. The van der Waals surface area contributed by atoms with Gasteiger partial charge in [0.2, 0.25) is 11.8 Å². The predicted octanol–water partition coefficient (Wildman–Crippen LogP) is 3.35. The van der Waals surface area contributed by atoms with Crippen molar-refractivity contribution in [2.75, 3.05) is 33.9 Å². The van der Waals surface area contributed by atoms with E-state index in [4.69, 9.17) is 9.47 Å². The van der Waals surface area contributed by atoms with Crippen molar-refractivity contribution < 1.29 is 28.2 Å². The average molecular weight is 489 g/mol. The van der Waals surface area contributed by atoms with E-state index in [2.05, 4.69) is 0 Å². The minimum atomic E-state index is -0.610. The molecule has 0 aromatic heterocycles. The Hall–Kier alpha value is -2.48. The van der Waals surface area contributed by atoms with Crippen LogP contribution in [0.1, 0.15) is 56.9 Å². The summed E-state index contributed by atoms with van der Waals surface area (Å²) in [6, 6.07) is 6.32. The van der Waals surface area contributed by atoms with Gasteiger partial charge in [-0.15, -0.1) is 0 Å². The molecule has 0 unspecified atom stereocenters. The molecule has 1 aromatic carbocycles. The second-order valence-corrected chi connectivity index (χ2v) is 10.4. The smallest absolute Gasteiger partial charge is 0.307 e. The van der Waals surface area contributed by atoms with E-state index in [-0.39, 0.29) is 54.5 Å². The minimum Gasteiger partial charge on any atom is -0.458 e.